The van der Waals surface area contributed by atoms with E-state index in [1.165, 1.54) is 24.8 Å². The van der Waals surface area contributed by atoms with Crippen LogP contribution in [0.25, 0.3) is 0 Å². The molecule has 0 nitrogen and oxygen atoms in total. The fraction of sp³-hybridized carbons (Fsp3) is 0.600. The van der Waals surface area contributed by atoms with Crippen molar-refractivity contribution in [3.8, 4) is 0 Å². The van der Waals surface area contributed by atoms with Crippen molar-refractivity contribution in [1.82, 2.24) is 0 Å². The molecule has 0 aliphatic carbocycles. The summed E-state index contributed by atoms with van der Waals surface area (Å²) in [6.07, 6.45) is 10.2. The summed E-state index contributed by atoms with van der Waals surface area (Å²) >= 11 is 0. The normalized spacial score (nSPS) is 12.9. The molecule has 0 heterocycles. The average molecular weight is 138 g/mol. The summed E-state index contributed by atoms with van der Waals surface area (Å²) < 4.78 is 0. The lowest BCUT2D eigenvalue weighted by molar-refractivity contribution is 0.787. The topological polar surface area (TPSA) is 0 Å². The third-order valence-electron chi connectivity index (χ3n) is 1.50. The van der Waals surface area contributed by atoms with E-state index >= 15 is 0 Å². The molecule has 0 aliphatic heterocycles. The number of unbranched alkanes of at least 4 members (excludes halogenated alkanes) is 1. The van der Waals surface area contributed by atoms with Crippen LogP contribution in [0.5, 0.6) is 0 Å². The molecular formula is C10H18. The number of rotatable bonds is 4. The Labute approximate surface area is 64.6 Å². The highest BCUT2D eigenvalue weighted by atomic mass is 13.9. The molecule has 0 bridgehead atoms. The van der Waals surface area contributed by atoms with Gasteiger partial charge in [-0.15, -0.1) is 0 Å². The first-order chi connectivity index (χ1) is 4.81. The summed E-state index contributed by atoms with van der Waals surface area (Å²) in [5, 5.41) is 0. The second-order valence-corrected chi connectivity index (χ2v) is 2.64. The van der Waals surface area contributed by atoms with E-state index in [1.807, 2.05) is 6.92 Å². The van der Waals surface area contributed by atoms with Gasteiger partial charge >= 0.3 is 0 Å². The molecule has 0 aromatic heterocycles. The Bertz CT molecular complexity index is 118. The van der Waals surface area contributed by atoms with Gasteiger partial charge in [-0.25, -0.2) is 0 Å². The minimum atomic E-state index is 1.25. The van der Waals surface area contributed by atoms with Crippen molar-refractivity contribution in [2.75, 3.05) is 0 Å². The van der Waals surface area contributed by atoms with Crippen molar-refractivity contribution in [3.05, 3.63) is 23.8 Å². The summed E-state index contributed by atoms with van der Waals surface area (Å²) in [5.41, 5.74) is 1.49. The van der Waals surface area contributed by atoms with Gasteiger partial charge in [0, 0.05) is 0 Å². The Morgan fingerprint density at radius 1 is 1.40 bits per heavy atom. The van der Waals surface area contributed by atoms with Crippen molar-refractivity contribution >= 4 is 0 Å². The van der Waals surface area contributed by atoms with Gasteiger partial charge in [0.2, 0.25) is 0 Å². The molecule has 0 unspecified atom stereocenters. The second-order valence-electron chi connectivity index (χ2n) is 2.64. The van der Waals surface area contributed by atoms with Gasteiger partial charge in [0.25, 0.3) is 0 Å². The SMILES string of the molecule is CC=CC=C(C)CCCC. The van der Waals surface area contributed by atoms with Gasteiger partial charge < -0.3 is 0 Å². The molecule has 0 spiro atoms. The zero-order valence-electron chi connectivity index (χ0n) is 7.35. The van der Waals surface area contributed by atoms with Crippen molar-refractivity contribution in [2.24, 2.45) is 0 Å². The summed E-state index contributed by atoms with van der Waals surface area (Å²) in [5.74, 6) is 0. The van der Waals surface area contributed by atoms with Crippen LogP contribution in [0, 0.1) is 0 Å². The van der Waals surface area contributed by atoms with Crippen LogP contribution in [0.15, 0.2) is 23.8 Å². The average Bonchev–Trinajstić information content (AvgIpc) is 1.97. The summed E-state index contributed by atoms with van der Waals surface area (Å²) in [7, 11) is 0. The highest BCUT2D eigenvalue weighted by Gasteiger charge is 1.85. The molecule has 0 amide bonds. The lowest BCUT2D eigenvalue weighted by atomic mass is 10.1. The second kappa shape index (κ2) is 6.60. The Morgan fingerprint density at radius 3 is 2.60 bits per heavy atom. The highest BCUT2D eigenvalue weighted by molar-refractivity contribution is 5.09. The fourth-order valence-electron chi connectivity index (χ4n) is 0.799. The monoisotopic (exact) mass is 138 g/mol. The number of hydrogen-bond donors (Lipinski definition) is 0. The maximum atomic E-state index is 2.23. The van der Waals surface area contributed by atoms with Crippen LogP contribution in [-0.4, -0.2) is 0 Å². The van der Waals surface area contributed by atoms with Gasteiger partial charge in [-0.3, -0.25) is 0 Å². The van der Waals surface area contributed by atoms with Crippen molar-refractivity contribution in [1.29, 1.82) is 0 Å². The minimum absolute atomic E-state index is 1.25. The van der Waals surface area contributed by atoms with E-state index in [1.54, 1.807) is 0 Å². The molecule has 58 valence electrons. The lowest BCUT2D eigenvalue weighted by Gasteiger charge is -1.95. The summed E-state index contributed by atoms with van der Waals surface area (Å²) in [6.45, 7) is 6.46. The molecule has 0 aliphatic rings. The van der Waals surface area contributed by atoms with E-state index < -0.39 is 0 Å². The molecule has 0 saturated heterocycles. The molecule has 0 aromatic rings. The van der Waals surface area contributed by atoms with Gasteiger partial charge in [-0.1, -0.05) is 37.1 Å². The fourth-order valence-corrected chi connectivity index (χ4v) is 0.799. The first-order valence-electron chi connectivity index (χ1n) is 4.09. The smallest absolute Gasteiger partial charge is 0.0320 e. The predicted molar refractivity (Wildman–Crippen MR) is 48.1 cm³/mol. The maximum Gasteiger partial charge on any atom is -0.0320 e. The molecule has 0 rings (SSSR count). The van der Waals surface area contributed by atoms with Crippen molar-refractivity contribution in [2.45, 2.75) is 40.0 Å². The third kappa shape index (κ3) is 5.61. The van der Waals surface area contributed by atoms with Crippen LogP contribution in [0.1, 0.15) is 40.0 Å². The third-order valence-corrected chi connectivity index (χ3v) is 1.50. The standard InChI is InChI=1S/C10H18/c1-4-6-8-10(3)9-7-5-2/h4,6,8H,5,7,9H2,1-3H3. The highest BCUT2D eigenvalue weighted by Crippen LogP contribution is 2.05. The zero-order chi connectivity index (χ0) is 7.82. The minimum Gasteiger partial charge on any atom is -0.0877 e. The summed E-state index contributed by atoms with van der Waals surface area (Å²) in [4.78, 5) is 0. The van der Waals surface area contributed by atoms with Crippen LogP contribution in [0.3, 0.4) is 0 Å². The van der Waals surface area contributed by atoms with Crippen LogP contribution < -0.4 is 0 Å². The van der Waals surface area contributed by atoms with E-state index in [4.69, 9.17) is 0 Å². The van der Waals surface area contributed by atoms with E-state index in [-0.39, 0.29) is 0 Å². The Hall–Kier alpha value is -0.520. The van der Waals surface area contributed by atoms with Gasteiger partial charge in [-0.2, -0.15) is 0 Å². The summed E-state index contributed by atoms with van der Waals surface area (Å²) in [6, 6.07) is 0. The zero-order valence-corrected chi connectivity index (χ0v) is 7.35. The molecule has 0 fully saturated rings. The van der Waals surface area contributed by atoms with Crippen molar-refractivity contribution in [3.63, 3.8) is 0 Å². The number of hydrogen-bond acceptors (Lipinski definition) is 0. The van der Waals surface area contributed by atoms with E-state index in [2.05, 4.69) is 32.1 Å². The Morgan fingerprint density at radius 2 is 2.10 bits per heavy atom. The van der Waals surface area contributed by atoms with E-state index in [9.17, 15) is 0 Å². The number of allylic oxidation sites excluding steroid dienone is 4. The van der Waals surface area contributed by atoms with Crippen molar-refractivity contribution < 1.29 is 0 Å². The van der Waals surface area contributed by atoms with Crippen LogP contribution in [0.2, 0.25) is 0 Å². The Kier molecular flexibility index (Phi) is 6.25. The first kappa shape index (κ1) is 9.48. The lowest BCUT2D eigenvalue weighted by Crippen LogP contribution is -1.75. The maximum absolute atomic E-state index is 2.23. The molecule has 10 heavy (non-hydrogen) atoms. The predicted octanol–water partition coefficient (Wildman–Crippen LogP) is 3.70. The molecular weight excluding hydrogens is 120 g/mol. The molecule has 0 atom stereocenters. The van der Waals surface area contributed by atoms with Gasteiger partial charge in [0.1, 0.15) is 0 Å². The molecule has 0 saturated carbocycles. The molecule has 0 N–H and O–H groups in total. The molecule has 0 aromatic carbocycles. The van der Waals surface area contributed by atoms with Crippen LogP contribution in [0.4, 0.5) is 0 Å². The van der Waals surface area contributed by atoms with E-state index in [0.29, 0.717) is 0 Å². The van der Waals surface area contributed by atoms with Crippen LogP contribution >= 0.6 is 0 Å². The Balaban J connectivity index is 3.49. The van der Waals surface area contributed by atoms with Crippen LogP contribution in [-0.2, 0) is 0 Å². The van der Waals surface area contributed by atoms with Gasteiger partial charge in [-0.05, 0) is 26.7 Å². The molecule has 0 radical (unpaired) electrons. The van der Waals surface area contributed by atoms with Gasteiger partial charge in [0.15, 0.2) is 0 Å². The first-order valence-corrected chi connectivity index (χ1v) is 4.09. The van der Waals surface area contributed by atoms with E-state index in [0.717, 1.165) is 0 Å². The quantitative estimate of drug-likeness (QED) is 0.520. The molecule has 0 heteroatoms. The van der Waals surface area contributed by atoms with Gasteiger partial charge in [0.05, 0.1) is 0 Å². The largest absolute Gasteiger partial charge is 0.0877 e.